The minimum atomic E-state index is 0.446. The SMILES string of the molecule is CC(C)N(Cc1ccccc1-c1ccccc1)c1ccccc1. The van der Waals surface area contributed by atoms with Crippen LogP contribution < -0.4 is 4.90 Å². The Balaban J connectivity index is 1.96. The van der Waals surface area contributed by atoms with E-state index in [0.717, 1.165) is 6.54 Å². The normalized spacial score (nSPS) is 10.7. The first kappa shape index (κ1) is 15.4. The molecule has 0 saturated carbocycles. The summed E-state index contributed by atoms with van der Waals surface area (Å²) in [4.78, 5) is 2.45. The van der Waals surface area contributed by atoms with Crippen molar-refractivity contribution in [1.82, 2.24) is 0 Å². The van der Waals surface area contributed by atoms with E-state index in [2.05, 4.69) is 104 Å². The van der Waals surface area contributed by atoms with Crippen molar-refractivity contribution in [2.45, 2.75) is 26.4 Å². The quantitative estimate of drug-likeness (QED) is 0.578. The number of benzene rings is 3. The van der Waals surface area contributed by atoms with Crippen molar-refractivity contribution < 1.29 is 0 Å². The van der Waals surface area contributed by atoms with E-state index in [0.29, 0.717) is 6.04 Å². The predicted octanol–water partition coefficient (Wildman–Crippen LogP) is 5.77. The van der Waals surface area contributed by atoms with E-state index in [-0.39, 0.29) is 0 Å². The Morgan fingerprint density at radius 1 is 0.696 bits per heavy atom. The molecule has 0 amide bonds. The Morgan fingerprint density at radius 3 is 1.91 bits per heavy atom. The Hall–Kier alpha value is -2.54. The first-order chi connectivity index (χ1) is 11.3. The van der Waals surface area contributed by atoms with Gasteiger partial charge < -0.3 is 4.90 Å². The first-order valence-electron chi connectivity index (χ1n) is 8.21. The molecule has 3 rings (SSSR count). The van der Waals surface area contributed by atoms with Crippen molar-refractivity contribution >= 4 is 5.69 Å². The van der Waals surface area contributed by atoms with E-state index < -0.39 is 0 Å². The van der Waals surface area contributed by atoms with Crippen LogP contribution in [0.2, 0.25) is 0 Å². The molecule has 0 bridgehead atoms. The third kappa shape index (κ3) is 3.62. The zero-order valence-corrected chi connectivity index (χ0v) is 13.8. The van der Waals surface area contributed by atoms with Crippen LogP contribution in [0, 0.1) is 0 Å². The summed E-state index contributed by atoms with van der Waals surface area (Å²) < 4.78 is 0. The van der Waals surface area contributed by atoms with Gasteiger partial charge in [-0.25, -0.2) is 0 Å². The molecule has 0 unspecified atom stereocenters. The summed E-state index contributed by atoms with van der Waals surface area (Å²) in [6.07, 6.45) is 0. The van der Waals surface area contributed by atoms with Crippen LogP contribution in [0.15, 0.2) is 84.9 Å². The second-order valence-electron chi connectivity index (χ2n) is 6.08. The van der Waals surface area contributed by atoms with Gasteiger partial charge in [0, 0.05) is 18.3 Å². The Kier molecular flexibility index (Phi) is 4.77. The van der Waals surface area contributed by atoms with Crippen molar-refractivity contribution in [3.63, 3.8) is 0 Å². The Bertz CT molecular complexity index is 732. The van der Waals surface area contributed by atoms with Gasteiger partial charge >= 0.3 is 0 Å². The van der Waals surface area contributed by atoms with Gasteiger partial charge in [0.2, 0.25) is 0 Å². The highest BCUT2D eigenvalue weighted by Crippen LogP contribution is 2.27. The van der Waals surface area contributed by atoms with Crippen molar-refractivity contribution in [2.24, 2.45) is 0 Å². The van der Waals surface area contributed by atoms with Gasteiger partial charge in [0.15, 0.2) is 0 Å². The van der Waals surface area contributed by atoms with Crippen molar-refractivity contribution in [3.05, 3.63) is 90.5 Å². The zero-order valence-electron chi connectivity index (χ0n) is 13.8. The molecule has 3 aromatic carbocycles. The third-order valence-corrected chi connectivity index (χ3v) is 4.15. The number of nitrogens with zero attached hydrogens (tertiary/aromatic N) is 1. The van der Waals surface area contributed by atoms with Gasteiger partial charge in [-0.1, -0.05) is 72.8 Å². The topological polar surface area (TPSA) is 3.24 Å². The fourth-order valence-corrected chi connectivity index (χ4v) is 2.93. The standard InChI is InChI=1S/C22H23N/c1-18(2)23(21-14-7-4-8-15-21)17-20-13-9-10-16-22(20)19-11-5-3-6-12-19/h3-16,18H,17H2,1-2H3. The van der Waals surface area contributed by atoms with Crippen LogP contribution in [0.1, 0.15) is 19.4 Å². The highest BCUT2D eigenvalue weighted by molar-refractivity contribution is 5.68. The summed E-state index contributed by atoms with van der Waals surface area (Å²) in [6, 6.07) is 30.4. The lowest BCUT2D eigenvalue weighted by atomic mass is 9.99. The monoisotopic (exact) mass is 301 g/mol. The number of hydrogen-bond acceptors (Lipinski definition) is 1. The molecule has 0 heterocycles. The first-order valence-corrected chi connectivity index (χ1v) is 8.21. The molecule has 0 N–H and O–H groups in total. The van der Waals surface area contributed by atoms with Crippen LogP contribution in [0.25, 0.3) is 11.1 Å². The largest absolute Gasteiger partial charge is 0.365 e. The lowest BCUT2D eigenvalue weighted by Crippen LogP contribution is -2.30. The number of anilines is 1. The third-order valence-electron chi connectivity index (χ3n) is 4.15. The summed E-state index contributed by atoms with van der Waals surface area (Å²) in [5.41, 5.74) is 5.22. The number of hydrogen-bond donors (Lipinski definition) is 0. The van der Waals surface area contributed by atoms with Crippen LogP contribution in [-0.4, -0.2) is 6.04 Å². The van der Waals surface area contributed by atoms with Crippen LogP contribution >= 0.6 is 0 Å². The maximum atomic E-state index is 2.45. The van der Waals surface area contributed by atoms with Crippen molar-refractivity contribution in [3.8, 4) is 11.1 Å². The average Bonchev–Trinajstić information content (AvgIpc) is 2.61. The van der Waals surface area contributed by atoms with E-state index in [9.17, 15) is 0 Å². The maximum absolute atomic E-state index is 2.45. The highest BCUT2D eigenvalue weighted by Gasteiger charge is 2.13. The average molecular weight is 301 g/mol. The van der Waals surface area contributed by atoms with E-state index in [1.54, 1.807) is 0 Å². The molecule has 0 aliphatic rings. The Labute approximate surface area is 139 Å². The molecule has 0 aromatic heterocycles. The molecule has 0 spiro atoms. The molecule has 1 heteroatoms. The number of rotatable bonds is 5. The van der Waals surface area contributed by atoms with E-state index in [1.807, 2.05) is 0 Å². The van der Waals surface area contributed by atoms with Gasteiger partial charge in [0.05, 0.1) is 0 Å². The molecule has 1 nitrogen and oxygen atoms in total. The molecular weight excluding hydrogens is 278 g/mol. The van der Waals surface area contributed by atoms with Crippen LogP contribution in [0.5, 0.6) is 0 Å². The molecule has 0 saturated heterocycles. The molecule has 0 aliphatic heterocycles. The fourth-order valence-electron chi connectivity index (χ4n) is 2.93. The molecule has 116 valence electrons. The van der Waals surface area contributed by atoms with Gasteiger partial charge in [0.25, 0.3) is 0 Å². The molecular formula is C22H23N. The summed E-state index contributed by atoms with van der Waals surface area (Å²) >= 11 is 0. The lowest BCUT2D eigenvalue weighted by molar-refractivity contribution is 0.683. The van der Waals surface area contributed by atoms with Crippen LogP contribution in [-0.2, 0) is 6.54 Å². The minimum Gasteiger partial charge on any atom is -0.365 e. The summed E-state index contributed by atoms with van der Waals surface area (Å²) in [6.45, 7) is 5.41. The van der Waals surface area contributed by atoms with Crippen molar-refractivity contribution in [1.29, 1.82) is 0 Å². The van der Waals surface area contributed by atoms with Crippen LogP contribution in [0.3, 0.4) is 0 Å². The zero-order chi connectivity index (χ0) is 16.1. The fraction of sp³-hybridized carbons (Fsp3) is 0.182. The summed E-state index contributed by atoms with van der Waals surface area (Å²) in [5.74, 6) is 0. The summed E-state index contributed by atoms with van der Waals surface area (Å²) in [7, 11) is 0. The molecule has 0 radical (unpaired) electrons. The molecule has 3 aromatic rings. The summed E-state index contributed by atoms with van der Waals surface area (Å²) in [5, 5.41) is 0. The lowest BCUT2D eigenvalue weighted by Gasteiger charge is -2.30. The molecule has 0 atom stereocenters. The van der Waals surface area contributed by atoms with Gasteiger partial charge in [-0.3, -0.25) is 0 Å². The van der Waals surface area contributed by atoms with Crippen molar-refractivity contribution in [2.75, 3.05) is 4.90 Å². The Morgan fingerprint density at radius 2 is 1.26 bits per heavy atom. The predicted molar refractivity (Wildman–Crippen MR) is 99.6 cm³/mol. The van der Waals surface area contributed by atoms with Gasteiger partial charge in [-0.05, 0) is 42.7 Å². The highest BCUT2D eigenvalue weighted by atomic mass is 15.1. The van der Waals surface area contributed by atoms with Gasteiger partial charge in [-0.2, -0.15) is 0 Å². The second kappa shape index (κ2) is 7.15. The van der Waals surface area contributed by atoms with Crippen LogP contribution in [0.4, 0.5) is 5.69 Å². The molecule has 0 aliphatic carbocycles. The maximum Gasteiger partial charge on any atom is 0.0438 e. The van der Waals surface area contributed by atoms with Gasteiger partial charge in [0.1, 0.15) is 0 Å². The van der Waals surface area contributed by atoms with E-state index in [4.69, 9.17) is 0 Å². The second-order valence-corrected chi connectivity index (χ2v) is 6.08. The van der Waals surface area contributed by atoms with Gasteiger partial charge in [-0.15, -0.1) is 0 Å². The molecule has 0 fully saturated rings. The minimum absolute atomic E-state index is 0.446. The van der Waals surface area contributed by atoms with E-state index >= 15 is 0 Å². The smallest absolute Gasteiger partial charge is 0.0438 e. The number of para-hydroxylation sites is 1. The van der Waals surface area contributed by atoms with E-state index in [1.165, 1.54) is 22.4 Å². The molecule has 23 heavy (non-hydrogen) atoms.